The third-order valence-electron chi connectivity index (χ3n) is 5.36. The highest BCUT2D eigenvalue weighted by Crippen LogP contribution is 2.41. The predicted molar refractivity (Wildman–Crippen MR) is 75.1 cm³/mol. The van der Waals surface area contributed by atoms with Gasteiger partial charge in [0.1, 0.15) is 0 Å². The highest BCUT2D eigenvalue weighted by molar-refractivity contribution is 5.80. The molecule has 0 aliphatic heterocycles. The fourth-order valence-corrected chi connectivity index (χ4v) is 3.67. The molecule has 20 heavy (non-hydrogen) atoms. The Kier molecular flexibility index (Phi) is 3.74. The maximum Gasteiger partial charge on any atom is 0.306 e. The molecule has 0 aromatic rings. The number of aliphatic carboxylic acids is 1. The second-order valence-electron chi connectivity index (χ2n) is 6.94. The molecule has 0 spiro atoms. The number of hydrogen-bond acceptors (Lipinski definition) is 2. The molecule has 4 heteroatoms. The summed E-state index contributed by atoms with van der Waals surface area (Å²) < 4.78 is 0. The Hall–Kier alpha value is -1.06. The second kappa shape index (κ2) is 5.38. The lowest BCUT2D eigenvalue weighted by atomic mass is 9.81. The summed E-state index contributed by atoms with van der Waals surface area (Å²) in [6, 6.07) is 0.877. The SMILES string of the molecule is CC(C1CC1)N(C(=O)C1CCC(C(=O)O)CC1)C1CC1. The third-order valence-corrected chi connectivity index (χ3v) is 5.36. The van der Waals surface area contributed by atoms with E-state index in [2.05, 4.69) is 11.8 Å². The number of hydrogen-bond donors (Lipinski definition) is 1. The first kappa shape index (κ1) is 13.9. The third kappa shape index (κ3) is 2.84. The molecule has 3 rings (SSSR count). The fourth-order valence-electron chi connectivity index (χ4n) is 3.67. The average Bonchev–Trinajstić information content (AvgIpc) is 3.29. The van der Waals surface area contributed by atoms with Gasteiger partial charge in [-0.1, -0.05) is 0 Å². The Labute approximate surface area is 120 Å². The minimum absolute atomic E-state index is 0.0763. The van der Waals surface area contributed by atoms with Crippen LogP contribution in [-0.4, -0.2) is 34.0 Å². The van der Waals surface area contributed by atoms with Crippen LogP contribution in [0.4, 0.5) is 0 Å². The van der Waals surface area contributed by atoms with Crippen molar-refractivity contribution in [1.29, 1.82) is 0 Å². The first-order chi connectivity index (χ1) is 9.58. The summed E-state index contributed by atoms with van der Waals surface area (Å²) in [6.07, 6.45) is 7.71. The average molecular weight is 279 g/mol. The van der Waals surface area contributed by atoms with Gasteiger partial charge in [-0.05, 0) is 64.2 Å². The Morgan fingerprint density at radius 2 is 1.50 bits per heavy atom. The van der Waals surface area contributed by atoms with E-state index in [4.69, 9.17) is 5.11 Å². The lowest BCUT2D eigenvalue weighted by Crippen LogP contribution is -2.45. The van der Waals surface area contributed by atoms with Crippen molar-refractivity contribution in [2.24, 2.45) is 17.8 Å². The van der Waals surface area contributed by atoms with Crippen LogP contribution in [0.25, 0.3) is 0 Å². The van der Waals surface area contributed by atoms with E-state index in [1.54, 1.807) is 0 Å². The van der Waals surface area contributed by atoms with Crippen molar-refractivity contribution in [3.8, 4) is 0 Å². The van der Waals surface area contributed by atoms with Gasteiger partial charge in [0, 0.05) is 18.0 Å². The number of nitrogens with zero attached hydrogens (tertiary/aromatic N) is 1. The normalized spacial score (nSPS) is 31.6. The molecule has 112 valence electrons. The molecule has 4 nitrogen and oxygen atoms in total. The quantitative estimate of drug-likeness (QED) is 0.841. The zero-order chi connectivity index (χ0) is 14.3. The van der Waals surface area contributed by atoms with Gasteiger partial charge in [-0.15, -0.1) is 0 Å². The standard InChI is InChI=1S/C16H25NO3/c1-10(11-2-3-11)17(14-8-9-14)15(18)12-4-6-13(7-5-12)16(19)20/h10-14H,2-9H2,1H3,(H,19,20). The van der Waals surface area contributed by atoms with E-state index in [1.165, 1.54) is 12.8 Å². The predicted octanol–water partition coefficient (Wildman–Crippen LogP) is 2.67. The van der Waals surface area contributed by atoms with Crippen LogP contribution in [0.3, 0.4) is 0 Å². The first-order valence-corrected chi connectivity index (χ1v) is 8.13. The van der Waals surface area contributed by atoms with Gasteiger partial charge in [0.15, 0.2) is 0 Å². The summed E-state index contributed by atoms with van der Waals surface area (Å²) in [7, 11) is 0. The molecule has 1 N–H and O–H groups in total. The maximum atomic E-state index is 12.8. The Morgan fingerprint density at radius 3 is 1.95 bits per heavy atom. The zero-order valence-corrected chi connectivity index (χ0v) is 12.3. The molecule has 3 aliphatic rings. The second-order valence-corrected chi connectivity index (χ2v) is 6.94. The summed E-state index contributed by atoms with van der Waals surface area (Å²) in [6.45, 7) is 2.21. The maximum absolute atomic E-state index is 12.8. The van der Waals surface area contributed by atoms with Crippen LogP contribution in [0, 0.1) is 17.8 Å². The van der Waals surface area contributed by atoms with Crippen molar-refractivity contribution in [2.45, 2.75) is 70.4 Å². The van der Waals surface area contributed by atoms with Crippen molar-refractivity contribution in [3.05, 3.63) is 0 Å². The highest BCUT2D eigenvalue weighted by atomic mass is 16.4. The number of carboxylic acids is 1. The lowest BCUT2D eigenvalue weighted by molar-refractivity contribution is -0.146. The summed E-state index contributed by atoms with van der Waals surface area (Å²) in [5.41, 5.74) is 0. The van der Waals surface area contributed by atoms with Crippen LogP contribution in [0.5, 0.6) is 0 Å². The molecule has 3 fully saturated rings. The molecule has 0 bridgehead atoms. The minimum atomic E-state index is -0.693. The van der Waals surface area contributed by atoms with E-state index in [9.17, 15) is 9.59 Å². The van der Waals surface area contributed by atoms with Crippen LogP contribution < -0.4 is 0 Å². The lowest BCUT2D eigenvalue weighted by Gasteiger charge is -2.35. The van der Waals surface area contributed by atoms with E-state index in [1.807, 2.05) is 0 Å². The van der Waals surface area contributed by atoms with Crippen molar-refractivity contribution in [2.75, 3.05) is 0 Å². The molecule has 0 saturated heterocycles. The van der Waals surface area contributed by atoms with E-state index < -0.39 is 5.97 Å². The van der Waals surface area contributed by atoms with E-state index in [0.29, 0.717) is 30.8 Å². The summed E-state index contributed by atoms with van der Waals surface area (Å²) >= 11 is 0. The molecule has 0 radical (unpaired) electrons. The number of amides is 1. The van der Waals surface area contributed by atoms with Crippen molar-refractivity contribution in [1.82, 2.24) is 4.90 Å². The van der Waals surface area contributed by atoms with Gasteiger partial charge < -0.3 is 10.0 Å². The van der Waals surface area contributed by atoms with Crippen LogP contribution in [0.15, 0.2) is 0 Å². The summed E-state index contributed by atoms with van der Waals surface area (Å²) in [5.74, 6) is 0.189. The smallest absolute Gasteiger partial charge is 0.306 e. The zero-order valence-electron chi connectivity index (χ0n) is 12.3. The molecule has 1 amide bonds. The molecule has 0 aromatic heterocycles. The Bertz CT molecular complexity index is 393. The van der Waals surface area contributed by atoms with Gasteiger partial charge in [0.25, 0.3) is 0 Å². The highest BCUT2D eigenvalue weighted by Gasteiger charge is 2.44. The van der Waals surface area contributed by atoms with Crippen molar-refractivity contribution >= 4 is 11.9 Å². The minimum Gasteiger partial charge on any atom is -0.481 e. The number of carbonyl (C=O) groups excluding carboxylic acids is 1. The largest absolute Gasteiger partial charge is 0.481 e. The molecular formula is C16H25NO3. The van der Waals surface area contributed by atoms with Crippen LogP contribution in [-0.2, 0) is 9.59 Å². The molecular weight excluding hydrogens is 254 g/mol. The Morgan fingerprint density at radius 1 is 0.950 bits per heavy atom. The number of rotatable bonds is 5. The number of carbonyl (C=O) groups is 2. The van der Waals surface area contributed by atoms with E-state index >= 15 is 0 Å². The summed E-state index contributed by atoms with van der Waals surface area (Å²) in [4.78, 5) is 26.0. The topological polar surface area (TPSA) is 57.6 Å². The van der Waals surface area contributed by atoms with Crippen LogP contribution in [0.1, 0.15) is 58.3 Å². The van der Waals surface area contributed by atoms with Crippen LogP contribution in [0.2, 0.25) is 0 Å². The van der Waals surface area contributed by atoms with Gasteiger partial charge in [0.05, 0.1) is 5.92 Å². The molecule has 1 atom stereocenters. The van der Waals surface area contributed by atoms with Gasteiger partial charge >= 0.3 is 5.97 Å². The monoisotopic (exact) mass is 279 g/mol. The fraction of sp³-hybridized carbons (Fsp3) is 0.875. The molecule has 3 saturated carbocycles. The summed E-state index contributed by atoms with van der Waals surface area (Å²) in [5, 5.41) is 9.04. The molecule has 0 aromatic carbocycles. The van der Waals surface area contributed by atoms with E-state index in [-0.39, 0.29) is 11.8 Å². The first-order valence-electron chi connectivity index (χ1n) is 8.13. The molecule has 0 heterocycles. The van der Waals surface area contributed by atoms with E-state index in [0.717, 1.165) is 31.6 Å². The van der Waals surface area contributed by atoms with Crippen LogP contribution >= 0.6 is 0 Å². The number of carboxylic acid groups (broad SMARTS) is 1. The van der Waals surface area contributed by atoms with Crippen molar-refractivity contribution in [3.63, 3.8) is 0 Å². The Balaban J connectivity index is 1.60. The molecule has 3 aliphatic carbocycles. The van der Waals surface area contributed by atoms with Gasteiger partial charge in [-0.2, -0.15) is 0 Å². The van der Waals surface area contributed by atoms with Gasteiger partial charge in [-0.25, -0.2) is 0 Å². The van der Waals surface area contributed by atoms with Gasteiger partial charge in [0.2, 0.25) is 5.91 Å². The molecule has 1 unspecified atom stereocenters. The van der Waals surface area contributed by atoms with Gasteiger partial charge in [-0.3, -0.25) is 9.59 Å². The van der Waals surface area contributed by atoms with Crippen molar-refractivity contribution < 1.29 is 14.7 Å².